The highest BCUT2D eigenvalue weighted by Gasteiger charge is 2.32. The van der Waals surface area contributed by atoms with Gasteiger partial charge in [0, 0.05) is 22.7 Å². The Morgan fingerprint density at radius 2 is 1.82 bits per heavy atom. The molecule has 1 fully saturated rings. The third-order valence-corrected chi connectivity index (χ3v) is 7.15. The minimum absolute atomic E-state index is 0.0854. The quantitative estimate of drug-likeness (QED) is 0.477. The van der Waals surface area contributed by atoms with Crippen molar-refractivity contribution in [2.45, 2.75) is 24.9 Å². The second-order valence-electron chi connectivity index (χ2n) is 7.87. The van der Waals surface area contributed by atoms with Gasteiger partial charge in [-0.25, -0.2) is 0 Å². The summed E-state index contributed by atoms with van der Waals surface area (Å²) < 4.78 is 5.40. The minimum atomic E-state index is -0.203. The number of ether oxygens (including phenoxy) is 1. The predicted octanol–water partition coefficient (Wildman–Crippen LogP) is 5.61. The highest BCUT2D eigenvalue weighted by Crippen LogP contribution is 2.39. The zero-order valence-electron chi connectivity index (χ0n) is 18.5. The molecule has 3 aromatic rings. The van der Waals surface area contributed by atoms with E-state index in [9.17, 15) is 9.59 Å². The first-order valence-electron chi connectivity index (χ1n) is 10.7. The summed E-state index contributed by atoms with van der Waals surface area (Å²) in [5.41, 5.74) is 3.51. The van der Waals surface area contributed by atoms with Crippen molar-refractivity contribution >= 4 is 35.2 Å². The Morgan fingerprint density at radius 3 is 2.52 bits per heavy atom. The maximum atomic E-state index is 12.8. The fourth-order valence-electron chi connectivity index (χ4n) is 3.87. The third kappa shape index (κ3) is 5.34. The van der Waals surface area contributed by atoms with Gasteiger partial charge in [-0.05, 0) is 48.4 Å². The molecule has 2 amide bonds. The van der Waals surface area contributed by atoms with E-state index in [0.717, 1.165) is 22.4 Å². The van der Waals surface area contributed by atoms with Gasteiger partial charge in [-0.15, -0.1) is 11.8 Å². The smallest absolute Gasteiger partial charge is 0.251 e. The summed E-state index contributed by atoms with van der Waals surface area (Å²) in [6.45, 7) is 2.45. The molecular formula is C26H25ClN2O3S. The molecule has 1 aliphatic heterocycles. The minimum Gasteiger partial charge on any atom is -0.496 e. The second-order valence-corrected chi connectivity index (χ2v) is 9.38. The van der Waals surface area contributed by atoms with Crippen LogP contribution in [0.2, 0.25) is 5.02 Å². The van der Waals surface area contributed by atoms with Gasteiger partial charge < -0.3 is 15.0 Å². The topological polar surface area (TPSA) is 58.6 Å². The molecule has 0 unspecified atom stereocenters. The summed E-state index contributed by atoms with van der Waals surface area (Å²) in [5, 5.41) is 3.62. The summed E-state index contributed by atoms with van der Waals surface area (Å²) in [6.07, 6.45) is 0. The van der Waals surface area contributed by atoms with Crippen LogP contribution >= 0.6 is 23.4 Å². The summed E-state index contributed by atoms with van der Waals surface area (Å²) in [6, 6.07) is 22.4. The molecule has 0 spiro atoms. The predicted molar refractivity (Wildman–Crippen MR) is 133 cm³/mol. The van der Waals surface area contributed by atoms with E-state index in [1.807, 2.05) is 84.6 Å². The zero-order valence-corrected chi connectivity index (χ0v) is 20.0. The number of carbonyl (C=O) groups excluding carboxylic acids is 2. The number of methoxy groups -OCH3 is 1. The number of rotatable bonds is 7. The van der Waals surface area contributed by atoms with Crippen LogP contribution in [-0.4, -0.2) is 29.6 Å². The van der Waals surface area contributed by atoms with Crippen LogP contribution in [0.25, 0.3) is 0 Å². The average molecular weight is 481 g/mol. The first kappa shape index (κ1) is 23.2. The molecule has 1 aliphatic rings. The van der Waals surface area contributed by atoms with Crippen molar-refractivity contribution in [1.82, 2.24) is 10.2 Å². The van der Waals surface area contributed by atoms with Gasteiger partial charge in [-0.3, -0.25) is 9.59 Å². The van der Waals surface area contributed by atoms with Gasteiger partial charge in [-0.1, -0.05) is 54.1 Å². The molecule has 1 N–H and O–H groups in total. The van der Waals surface area contributed by atoms with E-state index in [1.165, 1.54) is 0 Å². The van der Waals surface area contributed by atoms with Crippen LogP contribution in [0.15, 0.2) is 72.8 Å². The maximum absolute atomic E-state index is 12.8. The highest BCUT2D eigenvalue weighted by atomic mass is 35.5. The number of thioether (sulfide) groups is 1. The van der Waals surface area contributed by atoms with E-state index in [1.54, 1.807) is 18.9 Å². The number of benzene rings is 3. The van der Waals surface area contributed by atoms with Gasteiger partial charge in [-0.2, -0.15) is 0 Å². The lowest BCUT2D eigenvalue weighted by atomic mass is 10.1. The lowest BCUT2D eigenvalue weighted by molar-refractivity contribution is -0.128. The van der Waals surface area contributed by atoms with Gasteiger partial charge in [0.05, 0.1) is 18.9 Å². The first-order chi connectivity index (χ1) is 16.0. The van der Waals surface area contributed by atoms with E-state index >= 15 is 0 Å². The van der Waals surface area contributed by atoms with Crippen molar-refractivity contribution in [3.05, 3.63) is 100 Å². The fraction of sp³-hybridized carbons (Fsp3) is 0.231. The fourth-order valence-corrected chi connectivity index (χ4v) is 5.18. The van der Waals surface area contributed by atoms with Crippen molar-refractivity contribution in [3.8, 4) is 5.75 Å². The van der Waals surface area contributed by atoms with E-state index in [-0.39, 0.29) is 23.2 Å². The molecule has 1 heterocycles. The number of hydrogen-bond acceptors (Lipinski definition) is 4. The van der Waals surface area contributed by atoms with E-state index in [0.29, 0.717) is 22.9 Å². The van der Waals surface area contributed by atoms with Crippen LogP contribution < -0.4 is 10.1 Å². The number of carbonyl (C=O) groups is 2. The third-order valence-electron chi connectivity index (χ3n) is 5.65. The lowest BCUT2D eigenvalue weighted by Gasteiger charge is -2.24. The number of halogens is 1. The molecule has 0 bridgehead atoms. The van der Waals surface area contributed by atoms with Crippen LogP contribution in [0, 0.1) is 0 Å². The summed E-state index contributed by atoms with van der Waals surface area (Å²) in [5.74, 6) is 1.13. The molecule has 1 saturated heterocycles. The van der Waals surface area contributed by atoms with E-state index < -0.39 is 0 Å². The second kappa shape index (κ2) is 10.3. The molecule has 0 aromatic heterocycles. The van der Waals surface area contributed by atoms with Crippen LogP contribution in [0.3, 0.4) is 0 Å². The normalized spacial score (nSPS) is 16.5. The molecule has 0 aliphatic carbocycles. The Bertz CT molecular complexity index is 1140. The Labute approximate surface area is 203 Å². The molecule has 0 radical (unpaired) electrons. The number of nitrogens with zero attached hydrogens (tertiary/aromatic N) is 1. The molecule has 4 rings (SSSR count). The summed E-state index contributed by atoms with van der Waals surface area (Å²) in [7, 11) is 1.62. The van der Waals surface area contributed by atoms with Gasteiger partial charge in [0.2, 0.25) is 5.91 Å². The van der Waals surface area contributed by atoms with Crippen molar-refractivity contribution < 1.29 is 14.3 Å². The van der Waals surface area contributed by atoms with Crippen molar-refractivity contribution in [1.29, 1.82) is 0 Å². The highest BCUT2D eigenvalue weighted by molar-refractivity contribution is 8.00. The zero-order chi connectivity index (χ0) is 23.4. The number of hydrogen-bond donors (Lipinski definition) is 1. The van der Waals surface area contributed by atoms with Crippen molar-refractivity contribution in [2.24, 2.45) is 0 Å². The standard InChI is InChI=1S/C26H25ClN2O3S/c1-17(22-5-3-4-6-23(22)32-2)28-25(31)19-9-11-20(12-10-19)26-29(24(30)16-33-26)15-18-7-13-21(27)14-8-18/h3-14,17,26H,15-16H2,1-2H3,(H,28,31)/t17-,26+/m0/s1. The molecular weight excluding hydrogens is 456 g/mol. The largest absolute Gasteiger partial charge is 0.496 e. The van der Waals surface area contributed by atoms with Gasteiger partial charge in [0.1, 0.15) is 11.1 Å². The van der Waals surface area contributed by atoms with Crippen molar-refractivity contribution in [3.63, 3.8) is 0 Å². The average Bonchev–Trinajstić information content (AvgIpc) is 3.20. The maximum Gasteiger partial charge on any atom is 0.251 e. The van der Waals surface area contributed by atoms with E-state index in [2.05, 4.69) is 5.32 Å². The number of para-hydroxylation sites is 1. The van der Waals surface area contributed by atoms with E-state index in [4.69, 9.17) is 16.3 Å². The Morgan fingerprint density at radius 1 is 1.12 bits per heavy atom. The van der Waals surface area contributed by atoms with Crippen LogP contribution in [0.5, 0.6) is 5.75 Å². The van der Waals surface area contributed by atoms with Crippen molar-refractivity contribution in [2.75, 3.05) is 12.9 Å². The Kier molecular flexibility index (Phi) is 7.26. The molecule has 2 atom stereocenters. The van der Waals surface area contributed by atoms with Gasteiger partial charge in [0.25, 0.3) is 5.91 Å². The van der Waals surface area contributed by atoms with Gasteiger partial charge >= 0.3 is 0 Å². The monoisotopic (exact) mass is 480 g/mol. The Balaban J connectivity index is 1.45. The van der Waals surface area contributed by atoms with Crippen LogP contribution in [0.1, 0.15) is 45.4 Å². The number of nitrogens with one attached hydrogen (secondary N) is 1. The first-order valence-corrected chi connectivity index (χ1v) is 12.1. The molecule has 33 heavy (non-hydrogen) atoms. The molecule has 5 nitrogen and oxygen atoms in total. The van der Waals surface area contributed by atoms with Gasteiger partial charge in [0.15, 0.2) is 0 Å². The summed E-state index contributed by atoms with van der Waals surface area (Å²) in [4.78, 5) is 27.2. The molecule has 3 aromatic carbocycles. The lowest BCUT2D eigenvalue weighted by Crippen LogP contribution is -2.28. The number of amides is 2. The molecule has 7 heteroatoms. The molecule has 0 saturated carbocycles. The SMILES string of the molecule is COc1ccccc1[C@H](C)NC(=O)c1ccc([C@H]2SCC(=O)N2Cc2ccc(Cl)cc2)cc1. The Hall–Kier alpha value is -2.96. The molecule has 170 valence electrons. The summed E-state index contributed by atoms with van der Waals surface area (Å²) >= 11 is 7.58. The van der Waals surface area contributed by atoms with Crippen LogP contribution in [-0.2, 0) is 11.3 Å². The van der Waals surface area contributed by atoms with Crippen LogP contribution in [0.4, 0.5) is 0 Å².